The molecule has 1 atom stereocenters. The lowest BCUT2D eigenvalue weighted by atomic mass is 10.0. The number of rotatable bonds is 8. The van der Waals surface area contributed by atoms with Crippen molar-refractivity contribution >= 4 is 5.91 Å². The normalized spacial score (nSPS) is 12.3. The molecule has 0 fully saturated rings. The van der Waals surface area contributed by atoms with E-state index in [1.165, 1.54) is 18.2 Å². The van der Waals surface area contributed by atoms with Crippen molar-refractivity contribution in [3.8, 4) is 11.4 Å². The van der Waals surface area contributed by atoms with E-state index in [0.29, 0.717) is 47.8 Å². The van der Waals surface area contributed by atoms with Crippen molar-refractivity contribution in [3.63, 3.8) is 0 Å². The summed E-state index contributed by atoms with van der Waals surface area (Å²) in [7, 11) is 1.74. The van der Waals surface area contributed by atoms with E-state index in [9.17, 15) is 13.6 Å². The number of amides is 1. The second-order valence-corrected chi connectivity index (χ2v) is 6.92. The van der Waals surface area contributed by atoms with Crippen molar-refractivity contribution in [3.05, 3.63) is 71.1 Å². The standard InChI is InChI=1S/C21H22F2N4O2/c1-13-8-9-15(12-17(13)23)21-25-18(29-26-21)7-4-10-27(2)19(20(24)28)14-5-3-6-16(22)11-14/h3,5-6,8-9,11-12,19H,4,7,10H2,1-2H3,(H2,24,28). The number of benzene rings is 2. The third-order valence-corrected chi connectivity index (χ3v) is 4.67. The van der Waals surface area contributed by atoms with Gasteiger partial charge in [0, 0.05) is 12.0 Å². The highest BCUT2D eigenvalue weighted by molar-refractivity contribution is 5.81. The molecule has 8 heteroatoms. The third kappa shape index (κ3) is 5.03. The molecular weight excluding hydrogens is 378 g/mol. The van der Waals surface area contributed by atoms with Crippen LogP contribution in [-0.2, 0) is 11.2 Å². The maximum absolute atomic E-state index is 13.7. The van der Waals surface area contributed by atoms with E-state index in [1.807, 2.05) is 0 Å². The summed E-state index contributed by atoms with van der Waals surface area (Å²) >= 11 is 0. The Balaban J connectivity index is 1.61. The van der Waals surface area contributed by atoms with Crippen LogP contribution >= 0.6 is 0 Å². The summed E-state index contributed by atoms with van der Waals surface area (Å²) in [6, 6.07) is 9.85. The zero-order chi connectivity index (χ0) is 21.0. The average molecular weight is 400 g/mol. The van der Waals surface area contributed by atoms with Gasteiger partial charge < -0.3 is 10.3 Å². The molecular formula is C21H22F2N4O2. The van der Waals surface area contributed by atoms with Crippen LogP contribution in [0.15, 0.2) is 47.0 Å². The van der Waals surface area contributed by atoms with Gasteiger partial charge >= 0.3 is 0 Å². The highest BCUT2D eigenvalue weighted by Crippen LogP contribution is 2.22. The molecule has 1 aromatic heterocycles. The summed E-state index contributed by atoms with van der Waals surface area (Å²) in [5, 5.41) is 3.89. The van der Waals surface area contributed by atoms with Crippen LogP contribution in [-0.4, -0.2) is 34.5 Å². The number of primary amides is 1. The molecule has 1 heterocycles. The van der Waals surface area contributed by atoms with Gasteiger partial charge in [0.05, 0.1) is 0 Å². The summed E-state index contributed by atoms with van der Waals surface area (Å²) in [6.45, 7) is 2.18. The van der Waals surface area contributed by atoms with Gasteiger partial charge in [-0.25, -0.2) is 8.78 Å². The molecule has 0 bridgehead atoms. The fraction of sp³-hybridized carbons (Fsp3) is 0.286. The molecule has 0 saturated carbocycles. The fourth-order valence-corrected chi connectivity index (χ4v) is 3.13. The first-order valence-electron chi connectivity index (χ1n) is 9.19. The lowest BCUT2D eigenvalue weighted by Gasteiger charge is -2.25. The number of carbonyl (C=O) groups excluding carboxylic acids is 1. The van der Waals surface area contributed by atoms with Gasteiger partial charge in [-0.15, -0.1) is 0 Å². The molecule has 1 amide bonds. The minimum absolute atomic E-state index is 0.321. The number of nitrogens with two attached hydrogens (primary N) is 1. The van der Waals surface area contributed by atoms with Gasteiger partial charge in [0.2, 0.25) is 17.6 Å². The van der Waals surface area contributed by atoms with E-state index in [4.69, 9.17) is 10.3 Å². The van der Waals surface area contributed by atoms with Crippen LogP contribution in [0.1, 0.15) is 29.5 Å². The zero-order valence-corrected chi connectivity index (χ0v) is 16.2. The minimum Gasteiger partial charge on any atom is -0.368 e. The van der Waals surface area contributed by atoms with Crippen LogP contribution in [0.2, 0.25) is 0 Å². The number of hydrogen-bond acceptors (Lipinski definition) is 5. The maximum atomic E-state index is 13.7. The van der Waals surface area contributed by atoms with Crippen molar-refractivity contribution < 1.29 is 18.1 Å². The van der Waals surface area contributed by atoms with Crippen molar-refractivity contribution in [2.24, 2.45) is 5.73 Å². The van der Waals surface area contributed by atoms with Crippen LogP contribution in [0.3, 0.4) is 0 Å². The van der Waals surface area contributed by atoms with Crippen LogP contribution in [0.4, 0.5) is 8.78 Å². The molecule has 0 spiro atoms. The lowest BCUT2D eigenvalue weighted by molar-refractivity contribution is -0.123. The van der Waals surface area contributed by atoms with Crippen molar-refractivity contribution in [2.45, 2.75) is 25.8 Å². The number of nitrogens with zero attached hydrogens (tertiary/aromatic N) is 3. The second-order valence-electron chi connectivity index (χ2n) is 6.92. The van der Waals surface area contributed by atoms with Gasteiger partial charge in [-0.3, -0.25) is 9.69 Å². The van der Waals surface area contributed by atoms with E-state index in [1.54, 1.807) is 43.1 Å². The maximum Gasteiger partial charge on any atom is 0.239 e. The first kappa shape index (κ1) is 20.6. The molecule has 0 aliphatic heterocycles. The van der Waals surface area contributed by atoms with Crippen molar-refractivity contribution in [2.75, 3.05) is 13.6 Å². The second kappa shape index (κ2) is 8.91. The SMILES string of the molecule is Cc1ccc(-c2noc(CCCN(C)C(C(N)=O)c3cccc(F)c3)n2)cc1F. The molecule has 29 heavy (non-hydrogen) atoms. The lowest BCUT2D eigenvalue weighted by Crippen LogP contribution is -2.36. The average Bonchev–Trinajstić information content (AvgIpc) is 3.13. The first-order chi connectivity index (χ1) is 13.8. The number of carbonyl (C=O) groups is 1. The smallest absolute Gasteiger partial charge is 0.239 e. The van der Waals surface area contributed by atoms with Crippen LogP contribution in [0.25, 0.3) is 11.4 Å². The molecule has 2 aromatic carbocycles. The zero-order valence-electron chi connectivity index (χ0n) is 16.2. The van der Waals surface area contributed by atoms with E-state index in [-0.39, 0.29) is 5.82 Å². The largest absolute Gasteiger partial charge is 0.368 e. The molecule has 0 aliphatic rings. The Labute approximate surface area is 167 Å². The molecule has 152 valence electrons. The number of halogens is 2. The highest BCUT2D eigenvalue weighted by Gasteiger charge is 2.23. The van der Waals surface area contributed by atoms with Crippen LogP contribution in [0, 0.1) is 18.6 Å². The number of aryl methyl sites for hydroxylation is 2. The van der Waals surface area contributed by atoms with E-state index < -0.39 is 17.8 Å². The highest BCUT2D eigenvalue weighted by atomic mass is 19.1. The Morgan fingerprint density at radius 3 is 2.72 bits per heavy atom. The molecule has 0 saturated heterocycles. The van der Waals surface area contributed by atoms with Gasteiger partial charge in [-0.05, 0) is 56.3 Å². The number of hydrogen-bond donors (Lipinski definition) is 1. The Morgan fingerprint density at radius 2 is 2.03 bits per heavy atom. The Morgan fingerprint density at radius 1 is 1.24 bits per heavy atom. The van der Waals surface area contributed by atoms with E-state index >= 15 is 0 Å². The monoisotopic (exact) mass is 400 g/mol. The Bertz CT molecular complexity index is 1010. The summed E-state index contributed by atoms with van der Waals surface area (Å²) in [6.07, 6.45) is 1.08. The van der Waals surface area contributed by atoms with Crippen LogP contribution in [0.5, 0.6) is 0 Å². The van der Waals surface area contributed by atoms with Gasteiger partial charge in [-0.2, -0.15) is 4.98 Å². The van der Waals surface area contributed by atoms with Crippen molar-refractivity contribution in [1.82, 2.24) is 15.0 Å². The number of likely N-dealkylation sites (N-methyl/N-ethyl adjacent to an activating group) is 1. The predicted molar refractivity (Wildman–Crippen MR) is 104 cm³/mol. The van der Waals surface area contributed by atoms with Crippen molar-refractivity contribution in [1.29, 1.82) is 0 Å². The van der Waals surface area contributed by atoms with E-state index in [0.717, 1.165) is 0 Å². The molecule has 1 unspecified atom stereocenters. The Hall–Kier alpha value is -3.13. The van der Waals surface area contributed by atoms with Gasteiger partial charge in [0.1, 0.15) is 17.7 Å². The fourth-order valence-electron chi connectivity index (χ4n) is 3.13. The first-order valence-corrected chi connectivity index (χ1v) is 9.19. The summed E-state index contributed by atoms with van der Waals surface area (Å²) < 4.78 is 32.4. The van der Waals surface area contributed by atoms with E-state index in [2.05, 4.69) is 10.1 Å². The topological polar surface area (TPSA) is 85.3 Å². The molecule has 0 aliphatic carbocycles. The predicted octanol–water partition coefficient (Wildman–Crippen LogP) is 3.41. The van der Waals surface area contributed by atoms with Gasteiger partial charge in [0.25, 0.3) is 0 Å². The summed E-state index contributed by atoms with van der Waals surface area (Å²) in [5.74, 6) is -0.573. The van der Waals surface area contributed by atoms with Gasteiger partial charge in [-0.1, -0.05) is 29.4 Å². The Kier molecular flexibility index (Phi) is 6.33. The minimum atomic E-state index is -0.737. The molecule has 3 rings (SSSR count). The molecule has 0 radical (unpaired) electrons. The quantitative estimate of drug-likeness (QED) is 0.626. The summed E-state index contributed by atoms with van der Waals surface area (Å²) in [4.78, 5) is 17.9. The molecule has 6 nitrogen and oxygen atoms in total. The summed E-state index contributed by atoms with van der Waals surface area (Å²) in [5.41, 5.74) is 7.11. The van der Waals surface area contributed by atoms with Crippen LogP contribution < -0.4 is 5.73 Å². The van der Waals surface area contributed by atoms with Gasteiger partial charge in [0.15, 0.2) is 0 Å². The molecule has 3 aromatic rings. The third-order valence-electron chi connectivity index (χ3n) is 4.67. The number of aromatic nitrogens is 2. The molecule has 2 N–H and O–H groups in total.